The van der Waals surface area contributed by atoms with Crippen molar-refractivity contribution >= 4 is 21.5 Å². The van der Waals surface area contributed by atoms with Crippen LogP contribution in [-0.2, 0) is 25.1 Å². The predicted octanol–water partition coefficient (Wildman–Crippen LogP) is 4.17. The van der Waals surface area contributed by atoms with Crippen molar-refractivity contribution < 1.29 is 0 Å². The minimum Gasteiger partial charge on any atom is -0.153 e. The van der Waals surface area contributed by atoms with Crippen molar-refractivity contribution in [3.63, 3.8) is 0 Å². The Morgan fingerprint density at radius 1 is 0.867 bits per heavy atom. The maximum absolute atomic E-state index is 5.94. The fourth-order valence-electron chi connectivity index (χ4n) is 2.13. The van der Waals surface area contributed by atoms with Crippen LogP contribution in [0.1, 0.15) is 43.0 Å². The highest BCUT2D eigenvalue weighted by molar-refractivity contribution is 6.92. The maximum Gasteiger partial charge on any atom is 0.0476 e. The van der Waals surface area contributed by atoms with Crippen molar-refractivity contribution in [1.82, 2.24) is 0 Å². The van der Waals surface area contributed by atoms with Crippen LogP contribution in [0.4, 0.5) is 0 Å². The van der Waals surface area contributed by atoms with Crippen molar-refractivity contribution in [2.24, 2.45) is 0 Å². The molecule has 1 rings (SSSR count). The van der Waals surface area contributed by atoms with E-state index in [9.17, 15) is 0 Å². The van der Waals surface area contributed by atoms with Crippen LogP contribution in [0, 0.1) is 0 Å². The molecule has 1 aromatic carbocycles. The van der Waals surface area contributed by atoms with E-state index in [1.165, 1.54) is 22.3 Å². The fraction of sp³-hybridized carbons (Fsp3) is 0.538. The molecule has 1 aromatic rings. The number of halogens is 1. The molecule has 0 aromatic heterocycles. The van der Waals surface area contributed by atoms with Gasteiger partial charge in [0, 0.05) is 5.88 Å². The Balaban J connectivity index is 0.00000196. The van der Waals surface area contributed by atoms with Crippen molar-refractivity contribution in [2.45, 2.75) is 45.9 Å². The highest BCUT2D eigenvalue weighted by Gasteiger charge is 2.08. The van der Waals surface area contributed by atoms with Gasteiger partial charge in [-0.3, -0.25) is 0 Å². The summed E-state index contributed by atoms with van der Waals surface area (Å²) in [7, 11) is 0. The zero-order valence-corrected chi connectivity index (χ0v) is 12.2. The van der Waals surface area contributed by atoms with E-state index in [1.54, 1.807) is 0 Å². The summed E-state index contributed by atoms with van der Waals surface area (Å²) in [6.07, 6.45) is 3.34. The third-order valence-corrected chi connectivity index (χ3v) is 3.15. The van der Waals surface area contributed by atoms with Gasteiger partial charge in [-0.25, -0.2) is 0 Å². The molecule has 0 saturated heterocycles. The maximum atomic E-state index is 5.94. The van der Waals surface area contributed by atoms with Crippen LogP contribution in [-0.4, -0.2) is 0 Å². The summed E-state index contributed by atoms with van der Waals surface area (Å²) in [6.45, 7) is 6.66. The fourth-order valence-corrected chi connectivity index (χ4v) is 2.38. The quantitative estimate of drug-likeness (QED) is 0.551. The Bertz CT molecular complexity index is 277. The van der Waals surface area contributed by atoms with Gasteiger partial charge in [0.15, 0.2) is 0 Å². The van der Waals surface area contributed by atoms with Gasteiger partial charge in [0.1, 0.15) is 0 Å². The second-order valence-corrected chi connectivity index (χ2v) is 3.80. The summed E-state index contributed by atoms with van der Waals surface area (Å²) < 4.78 is 0. The van der Waals surface area contributed by atoms with Gasteiger partial charge in [-0.15, -0.1) is 11.6 Å². The van der Waals surface area contributed by atoms with Crippen molar-refractivity contribution in [2.75, 3.05) is 0 Å². The molecule has 0 spiro atoms. The highest BCUT2D eigenvalue weighted by Crippen LogP contribution is 2.22. The summed E-state index contributed by atoms with van der Waals surface area (Å²) >= 11 is 5.94. The molecular weight excluding hydrogens is 223 g/mol. The highest BCUT2D eigenvalue weighted by atomic mass is 35.5. The molecule has 86 valence electrons. The van der Waals surface area contributed by atoms with E-state index in [0.717, 1.165) is 19.3 Å². The lowest BCUT2D eigenvalue weighted by Crippen LogP contribution is -2.01. The number of aryl methyl sites for hydroxylation is 1. The van der Waals surface area contributed by atoms with Gasteiger partial charge < -0.3 is 0 Å². The van der Waals surface area contributed by atoms with Crippen LogP contribution >= 0.6 is 21.5 Å². The van der Waals surface area contributed by atoms with E-state index in [0.29, 0.717) is 5.88 Å². The van der Waals surface area contributed by atoms with Crippen molar-refractivity contribution in [3.8, 4) is 0 Å². The Hall–Kier alpha value is -0.0600. The van der Waals surface area contributed by atoms with Crippen LogP contribution < -0.4 is 0 Å². The largest absolute Gasteiger partial charge is 0.153 e. The van der Waals surface area contributed by atoms with Gasteiger partial charge in [-0.05, 0) is 41.5 Å². The van der Waals surface area contributed by atoms with Gasteiger partial charge >= 0.3 is 0 Å². The van der Waals surface area contributed by atoms with Crippen LogP contribution in [0.25, 0.3) is 0 Å². The second kappa shape index (κ2) is 7.25. The molecule has 0 bridgehead atoms. The number of hydrogen-bond acceptors (Lipinski definition) is 0. The number of benzene rings is 1. The van der Waals surface area contributed by atoms with Crippen LogP contribution in [0.2, 0.25) is 0 Å². The van der Waals surface area contributed by atoms with Crippen LogP contribution in [0.15, 0.2) is 12.1 Å². The molecule has 0 aliphatic carbocycles. The van der Waals surface area contributed by atoms with E-state index in [2.05, 4.69) is 32.9 Å². The van der Waals surface area contributed by atoms with Gasteiger partial charge in [-0.1, -0.05) is 32.9 Å². The minimum absolute atomic E-state index is 0. The molecule has 0 aliphatic rings. The molecule has 0 amide bonds. The molecule has 0 saturated carbocycles. The summed E-state index contributed by atoms with van der Waals surface area (Å²) in [4.78, 5) is 0. The Morgan fingerprint density at radius 2 is 1.33 bits per heavy atom. The molecule has 0 N–H and O–H groups in total. The molecule has 1 unspecified atom stereocenters. The lowest BCUT2D eigenvalue weighted by Gasteiger charge is -2.14. The van der Waals surface area contributed by atoms with Gasteiger partial charge in [0.25, 0.3) is 0 Å². The number of alkyl halides is 1. The molecule has 0 aliphatic heterocycles. The molecule has 0 heterocycles. The molecule has 0 nitrogen and oxygen atoms in total. The lowest BCUT2D eigenvalue weighted by molar-refractivity contribution is 0.964. The third-order valence-electron chi connectivity index (χ3n) is 2.86. The zero-order chi connectivity index (χ0) is 10.6. The number of rotatable bonds is 4. The third kappa shape index (κ3) is 3.20. The van der Waals surface area contributed by atoms with Gasteiger partial charge in [0.2, 0.25) is 0 Å². The van der Waals surface area contributed by atoms with E-state index >= 15 is 0 Å². The first-order chi connectivity index (χ1) is 6.78. The molecule has 0 radical (unpaired) electrons. The standard InChI is InChI=1S/C13H19Cl.H3P/c1-4-10-7-8-11(9-14)13(6-3)12(10)5-2;/h7-8H,4-6,9H2,1-3H3;1H3. The normalized spacial score (nSPS) is 9.87. The van der Waals surface area contributed by atoms with E-state index in [-0.39, 0.29) is 9.90 Å². The van der Waals surface area contributed by atoms with Gasteiger partial charge in [0.05, 0.1) is 0 Å². The average molecular weight is 245 g/mol. The Labute approximate surface area is 102 Å². The minimum atomic E-state index is 0. The van der Waals surface area contributed by atoms with Crippen molar-refractivity contribution in [1.29, 1.82) is 0 Å². The molecule has 2 heteroatoms. The predicted molar refractivity (Wildman–Crippen MR) is 75.2 cm³/mol. The second-order valence-electron chi connectivity index (χ2n) is 3.54. The van der Waals surface area contributed by atoms with Crippen LogP contribution in [0.3, 0.4) is 0 Å². The lowest BCUT2D eigenvalue weighted by atomic mass is 9.92. The summed E-state index contributed by atoms with van der Waals surface area (Å²) in [5.74, 6) is 0.639. The first-order valence-electron chi connectivity index (χ1n) is 5.46. The van der Waals surface area contributed by atoms with Crippen LogP contribution in [0.5, 0.6) is 0 Å². The SMILES string of the molecule is CCc1ccc(CCl)c(CC)c1CC.P. The smallest absolute Gasteiger partial charge is 0.0476 e. The van der Waals surface area contributed by atoms with Gasteiger partial charge in [-0.2, -0.15) is 9.90 Å². The zero-order valence-electron chi connectivity index (χ0n) is 10.1. The van der Waals surface area contributed by atoms with E-state index < -0.39 is 0 Å². The van der Waals surface area contributed by atoms with Crippen molar-refractivity contribution in [3.05, 3.63) is 34.4 Å². The molecule has 1 atom stereocenters. The Kier molecular flexibility index (Phi) is 7.22. The number of hydrogen-bond donors (Lipinski definition) is 0. The summed E-state index contributed by atoms with van der Waals surface area (Å²) in [5, 5.41) is 0. The topological polar surface area (TPSA) is 0 Å². The molecular formula is C13H22ClP. The molecule has 15 heavy (non-hydrogen) atoms. The monoisotopic (exact) mass is 244 g/mol. The summed E-state index contributed by atoms with van der Waals surface area (Å²) in [5.41, 5.74) is 5.79. The summed E-state index contributed by atoms with van der Waals surface area (Å²) in [6, 6.07) is 4.42. The first kappa shape index (κ1) is 14.9. The average Bonchev–Trinajstić information content (AvgIpc) is 2.26. The first-order valence-corrected chi connectivity index (χ1v) is 6.00. The van der Waals surface area contributed by atoms with E-state index in [1.807, 2.05) is 0 Å². The molecule has 0 fully saturated rings. The van der Waals surface area contributed by atoms with E-state index in [4.69, 9.17) is 11.6 Å². The Morgan fingerprint density at radius 3 is 1.73 bits per heavy atom.